The molecule has 12 rings (SSSR count). The van der Waals surface area contributed by atoms with Gasteiger partial charge in [0, 0.05) is 156 Å². The molecule has 8 aromatic rings. The molecule has 0 spiro atoms. The zero-order chi connectivity index (χ0) is 82.1. The SMILES string of the molecule is CN1CCN(CCCC(=O)c2ccccc2NC(=O)c2ccc(C(F)(F)F)cc2)CC1.COc1ccc(C(=O)Nc2cccc(F)c2C(=O)CCCN2CCN(C)CC2)cc1.O=C(Nc1ccccc1C(=O)CCCN1CCNCC1)c1cccc(Cl)c1.O=C(Nc1ccccc1C(=O)CCCN1CCOCC1)c1ccccc1Cl. The Hall–Kier alpha value is -9.90. The molecule has 0 atom stereocenters. The normalized spacial score (nSPS) is 15.0. The second-order valence-corrected chi connectivity index (χ2v) is 29.2. The fraction of sp³-hybridized carbons (Fsp3) is 0.364. The van der Waals surface area contributed by atoms with E-state index in [2.05, 4.69) is 70.1 Å². The second kappa shape index (κ2) is 46.0. The van der Waals surface area contributed by atoms with Crippen molar-refractivity contribution < 1.29 is 65.4 Å². The Labute approximate surface area is 680 Å². The van der Waals surface area contributed by atoms with Crippen molar-refractivity contribution in [3.63, 3.8) is 0 Å². The van der Waals surface area contributed by atoms with Crippen molar-refractivity contribution >= 4 is 92.7 Å². The van der Waals surface area contributed by atoms with E-state index in [4.69, 9.17) is 32.7 Å². The van der Waals surface area contributed by atoms with Crippen LogP contribution < -0.4 is 31.3 Å². The predicted molar refractivity (Wildman–Crippen MR) is 444 cm³/mol. The number of nitrogens with zero attached hydrogens (tertiary/aromatic N) is 6. The molecule has 0 aliphatic carbocycles. The number of Topliss-reactive ketones (excluding diaryl/α,β-unsaturated/α-hetero) is 4. The molecule has 27 heteroatoms. The van der Waals surface area contributed by atoms with E-state index in [0.29, 0.717) is 91.9 Å². The quantitative estimate of drug-likeness (QED) is 0.0216. The molecule has 0 bridgehead atoms. The molecule has 0 unspecified atom stereocenters. The van der Waals surface area contributed by atoms with Gasteiger partial charge in [0.15, 0.2) is 23.1 Å². The van der Waals surface area contributed by atoms with Gasteiger partial charge in [0.25, 0.3) is 23.6 Å². The number of alkyl halides is 3. The number of anilines is 4. The molecule has 8 aromatic carbocycles. The molecule has 115 heavy (non-hydrogen) atoms. The van der Waals surface area contributed by atoms with E-state index < -0.39 is 29.4 Å². The van der Waals surface area contributed by atoms with Crippen LogP contribution in [0.15, 0.2) is 188 Å². The number of ether oxygens (including phenoxy) is 2. The predicted octanol–water partition coefficient (Wildman–Crippen LogP) is 14.8. The number of likely N-dealkylation sites (N-methyl/N-ethyl adjacent to an activating group) is 2. The highest BCUT2D eigenvalue weighted by Crippen LogP contribution is 2.31. The summed E-state index contributed by atoms with van der Waals surface area (Å²) in [5, 5.41) is 15.2. The summed E-state index contributed by atoms with van der Waals surface area (Å²) < 4.78 is 63.0. The van der Waals surface area contributed by atoms with Gasteiger partial charge in [-0.2, -0.15) is 13.2 Å². The monoisotopic (exact) mass is 1620 g/mol. The lowest BCUT2D eigenvalue weighted by Crippen LogP contribution is -2.44. The topological polar surface area (TPSA) is 235 Å². The number of methoxy groups -OCH3 is 1. The Balaban J connectivity index is 0.000000176. The van der Waals surface area contributed by atoms with E-state index in [9.17, 15) is 55.9 Å². The number of morpholine rings is 1. The summed E-state index contributed by atoms with van der Waals surface area (Å²) in [5.74, 6) is -1.86. The summed E-state index contributed by atoms with van der Waals surface area (Å²) >= 11 is 12.0. The minimum atomic E-state index is -4.46. The summed E-state index contributed by atoms with van der Waals surface area (Å²) in [7, 11) is 5.74. The van der Waals surface area contributed by atoms with Gasteiger partial charge in [-0.3, -0.25) is 43.3 Å². The third-order valence-corrected chi connectivity index (χ3v) is 20.6. The zero-order valence-corrected chi connectivity index (χ0v) is 66.7. The first kappa shape index (κ1) is 89.0. The van der Waals surface area contributed by atoms with Gasteiger partial charge in [-0.05, 0) is 193 Å². The van der Waals surface area contributed by atoms with E-state index in [-0.39, 0.29) is 58.2 Å². The first-order chi connectivity index (χ1) is 55.5. The fourth-order valence-electron chi connectivity index (χ4n) is 13.3. The van der Waals surface area contributed by atoms with Crippen molar-refractivity contribution in [3.8, 4) is 5.75 Å². The number of nitrogens with one attached hydrogen (secondary N) is 5. The van der Waals surface area contributed by atoms with E-state index in [1.165, 1.54) is 12.1 Å². The van der Waals surface area contributed by atoms with Crippen molar-refractivity contribution in [2.75, 3.05) is 173 Å². The highest BCUT2D eigenvalue weighted by Gasteiger charge is 2.31. The van der Waals surface area contributed by atoms with Crippen molar-refractivity contribution in [2.24, 2.45) is 0 Å². The molecular formula is C88H101Cl2F4N11O10. The summed E-state index contributed by atoms with van der Waals surface area (Å²) in [6.07, 6.45) is 0.0220. The average Bonchev–Trinajstić information content (AvgIpc) is 0.836. The number of benzene rings is 8. The molecule has 4 aliphatic heterocycles. The fourth-order valence-corrected chi connectivity index (χ4v) is 13.7. The Bertz CT molecular complexity index is 4530. The number of halogens is 6. The molecule has 0 aromatic heterocycles. The Kier molecular flexibility index (Phi) is 35.6. The number of hydrogen-bond donors (Lipinski definition) is 5. The number of ketones is 4. The number of hydrogen-bond acceptors (Lipinski definition) is 17. The van der Waals surface area contributed by atoms with E-state index >= 15 is 0 Å². The van der Waals surface area contributed by atoms with Gasteiger partial charge in [-0.25, -0.2) is 4.39 Å². The molecule has 5 N–H and O–H groups in total. The third kappa shape index (κ3) is 28.8. The van der Waals surface area contributed by atoms with Crippen molar-refractivity contribution in [2.45, 2.75) is 57.5 Å². The van der Waals surface area contributed by atoms with Crippen molar-refractivity contribution in [1.29, 1.82) is 0 Å². The molecule has 4 fully saturated rings. The van der Waals surface area contributed by atoms with Crippen molar-refractivity contribution in [1.82, 2.24) is 34.7 Å². The van der Waals surface area contributed by atoms with Gasteiger partial charge in [0.05, 0.1) is 64.8 Å². The van der Waals surface area contributed by atoms with Gasteiger partial charge >= 0.3 is 6.18 Å². The highest BCUT2D eigenvalue weighted by molar-refractivity contribution is 6.34. The molecule has 610 valence electrons. The molecule has 4 aliphatic rings. The minimum Gasteiger partial charge on any atom is -0.497 e. The van der Waals surface area contributed by atoms with Crippen LogP contribution in [0.1, 0.15) is 140 Å². The molecule has 0 radical (unpaired) electrons. The number of piperazine rings is 3. The van der Waals surface area contributed by atoms with Crippen LogP contribution in [0.5, 0.6) is 5.75 Å². The van der Waals surface area contributed by atoms with Crippen molar-refractivity contribution in [3.05, 3.63) is 254 Å². The molecule has 4 amide bonds. The van der Waals surface area contributed by atoms with Crippen LogP contribution in [0.4, 0.5) is 40.3 Å². The largest absolute Gasteiger partial charge is 0.497 e. The number of carbonyl (C=O) groups is 8. The summed E-state index contributed by atoms with van der Waals surface area (Å²) in [6.45, 7) is 18.9. The van der Waals surface area contributed by atoms with Crippen LogP contribution in [0.3, 0.4) is 0 Å². The van der Waals surface area contributed by atoms with Crippen LogP contribution in [-0.4, -0.2) is 228 Å². The third-order valence-electron chi connectivity index (χ3n) is 20.0. The molecule has 4 heterocycles. The maximum Gasteiger partial charge on any atom is 0.416 e. The lowest BCUT2D eigenvalue weighted by Gasteiger charge is -2.32. The Morgan fingerprint density at radius 2 is 0.800 bits per heavy atom. The lowest BCUT2D eigenvalue weighted by atomic mass is 10.0. The zero-order valence-electron chi connectivity index (χ0n) is 65.2. The molecular weight excluding hydrogens is 1520 g/mol. The summed E-state index contributed by atoms with van der Waals surface area (Å²) in [6, 6.07) is 49.4. The first-order valence-electron chi connectivity index (χ1n) is 38.8. The van der Waals surface area contributed by atoms with Crippen LogP contribution in [0.2, 0.25) is 10.0 Å². The second-order valence-electron chi connectivity index (χ2n) is 28.4. The first-order valence-corrected chi connectivity index (χ1v) is 39.6. The Morgan fingerprint density at radius 1 is 0.417 bits per heavy atom. The summed E-state index contributed by atoms with van der Waals surface area (Å²) in [4.78, 5) is 115. The highest BCUT2D eigenvalue weighted by atomic mass is 35.5. The smallest absolute Gasteiger partial charge is 0.416 e. The molecule has 0 saturated carbocycles. The van der Waals surface area contributed by atoms with Crippen LogP contribution in [0, 0.1) is 5.82 Å². The summed E-state index contributed by atoms with van der Waals surface area (Å²) in [5.41, 5.74) is 3.54. The van der Waals surface area contributed by atoms with Gasteiger partial charge in [0.1, 0.15) is 11.6 Å². The maximum absolute atomic E-state index is 14.5. The van der Waals surface area contributed by atoms with Gasteiger partial charge < -0.3 is 60.6 Å². The Morgan fingerprint density at radius 3 is 1.25 bits per heavy atom. The van der Waals surface area contributed by atoms with Crippen LogP contribution in [-0.2, 0) is 10.9 Å². The van der Waals surface area contributed by atoms with Gasteiger partial charge in [0.2, 0.25) is 0 Å². The number of carbonyl (C=O) groups excluding carboxylic acids is 8. The molecule has 21 nitrogen and oxygen atoms in total. The van der Waals surface area contributed by atoms with Crippen LogP contribution >= 0.6 is 23.2 Å². The minimum absolute atomic E-state index is 0.0262. The average molecular weight is 1620 g/mol. The molecule has 4 saturated heterocycles. The standard InChI is InChI=1S/C23H26F3N3O2.C23H28FN3O3.C21H24ClN3O2.C21H23ClN2O3/c1-28-13-15-29(16-14-28)12-4-7-21(30)19-5-2-3-6-20(19)27-22(31)17-8-10-18(11-9-17)23(24,25)26;1-26-13-15-27(16-14-26)12-4-7-21(28)22-19(24)5-3-6-20(22)25-23(29)17-8-10-18(30-2)11-9-17;22-17-6-3-5-16(15-17)21(27)24-19-8-2-1-7-18(19)20(26)9-4-12-25-13-10-23-11-14-25;22-18-8-3-1-6-16(18)21(26)23-19-9-4-2-7-17(19)20(25)10-5-11-24-12-14-27-15-13-24/h2-3,5-6,8-11H,4,7,12-16H2,1H3,(H,27,31);3,5-6,8-11H,4,7,12-16H2,1-2H3,(H,25,29);1-3,5-8,15,23H,4,9-14H2,(H,24,27);1-4,6-9H,5,10-15H2,(H,23,26). The van der Waals surface area contributed by atoms with E-state index in [1.807, 2.05) is 12.1 Å². The van der Waals surface area contributed by atoms with E-state index in [1.54, 1.807) is 147 Å². The lowest BCUT2D eigenvalue weighted by molar-refractivity contribution is -0.137. The van der Waals surface area contributed by atoms with Gasteiger partial charge in [-0.15, -0.1) is 0 Å². The number of amides is 4. The van der Waals surface area contributed by atoms with Crippen LogP contribution in [0.25, 0.3) is 0 Å². The number of rotatable bonds is 29. The van der Waals surface area contributed by atoms with Gasteiger partial charge in [-0.1, -0.05) is 83.9 Å². The number of para-hydroxylation sites is 3. The maximum atomic E-state index is 14.5. The van der Waals surface area contributed by atoms with E-state index in [0.717, 1.165) is 175 Å².